The molecule has 258 valence electrons. The molecule has 2 aromatic heterocycles. The van der Waals surface area contributed by atoms with E-state index in [1.165, 1.54) is 44.5 Å². The van der Waals surface area contributed by atoms with Crippen molar-refractivity contribution >= 4 is 21.8 Å². The van der Waals surface area contributed by atoms with Crippen LogP contribution in [0.2, 0.25) is 0 Å². The summed E-state index contributed by atoms with van der Waals surface area (Å²) in [5.41, 5.74) is 20.3. The predicted octanol–water partition coefficient (Wildman–Crippen LogP) is 14.0. The molecule has 7 aromatic carbocycles. The van der Waals surface area contributed by atoms with Crippen LogP contribution in [0.15, 0.2) is 170 Å². The summed E-state index contributed by atoms with van der Waals surface area (Å²) in [4.78, 5) is 11.2. The third-order valence-electron chi connectivity index (χ3n) is 10.7. The highest BCUT2D eigenvalue weighted by molar-refractivity contribution is 6.13. The average molecular weight is 693 g/mol. The lowest BCUT2D eigenvalue weighted by Crippen LogP contribution is -1.99. The van der Waals surface area contributed by atoms with Crippen LogP contribution >= 0.6 is 0 Å². The van der Waals surface area contributed by atoms with Gasteiger partial charge in [0, 0.05) is 21.9 Å². The second-order valence-corrected chi connectivity index (χ2v) is 14.4. The zero-order valence-electron chi connectivity index (χ0n) is 31.1. The molecule has 54 heavy (non-hydrogen) atoms. The van der Waals surface area contributed by atoms with Crippen LogP contribution in [0.1, 0.15) is 22.3 Å². The molecule has 0 aliphatic carbocycles. The Hall–Kier alpha value is -6.64. The van der Waals surface area contributed by atoms with Gasteiger partial charge in [0.05, 0.1) is 22.4 Å². The molecule has 0 fully saturated rings. The van der Waals surface area contributed by atoms with Crippen molar-refractivity contribution in [1.82, 2.24) is 9.97 Å². The van der Waals surface area contributed by atoms with E-state index >= 15 is 0 Å². The summed E-state index contributed by atoms with van der Waals surface area (Å²) in [5, 5.41) is 2.18. The number of pyridine rings is 2. The fourth-order valence-electron chi connectivity index (χ4n) is 8.27. The molecule has 0 spiro atoms. The lowest BCUT2D eigenvalue weighted by atomic mass is 9.90. The summed E-state index contributed by atoms with van der Waals surface area (Å²) in [6.45, 7) is 8.84. The summed E-state index contributed by atoms with van der Waals surface area (Å²) in [7, 11) is 0. The summed E-state index contributed by atoms with van der Waals surface area (Å²) in [6, 6.07) is 60.8. The molecule has 9 rings (SSSR count). The minimum absolute atomic E-state index is 0.907. The van der Waals surface area contributed by atoms with E-state index in [4.69, 9.17) is 9.97 Å². The number of fused-ring (bicyclic) bond motifs is 3. The topological polar surface area (TPSA) is 25.8 Å². The van der Waals surface area contributed by atoms with Gasteiger partial charge in [0.15, 0.2) is 0 Å². The minimum atomic E-state index is 0.907. The molecule has 9 aromatic rings. The molecule has 0 aliphatic heterocycles. The quantitative estimate of drug-likeness (QED) is 0.162. The zero-order valence-corrected chi connectivity index (χ0v) is 31.1. The number of hydrogen-bond donors (Lipinski definition) is 0. The maximum Gasteiger partial charge on any atom is 0.0978 e. The fourth-order valence-corrected chi connectivity index (χ4v) is 8.27. The van der Waals surface area contributed by atoms with Crippen molar-refractivity contribution in [3.8, 4) is 67.0 Å². The van der Waals surface area contributed by atoms with Gasteiger partial charge in [-0.3, -0.25) is 0 Å². The summed E-state index contributed by atoms with van der Waals surface area (Å²) in [6.07, 6.45) is 0. The highest BCUT2D eigenvalue weighted by atomic mass is 14.8. The van der Waals surface area contributed by atoms with Gasteiger partial charge < -0.3 is 0 Å². The first-order valence-electron chi connectivity index (χ1n) is 18.7. The molecule has 0 amide bonds. The highest BCUT2D eigenvalue weighted by Crippen LogP contribution is 2.42. The van der Waals surface area contributed by atoms with Gasteiger partial charge in [-0.05, 0) is 107 Å². The second kappa shape index (κ2) is 13.7. The Morgan fingerprint density at radius 2 is 0.593 bits per heavy atom. The van der Waals surface area contributed by atoms with Crippen LogP contribution in [0.5, 0.6) is 0 Å². The van der Waals surface area contributed by atoms with Crippen molar-refractivity contribution < 1.29 is 0 Å². The second-order valence-electron chi connectivity index (χ2n) is 14.4. The van der Waals surface area contributed by atoms with Gasteiger partial charge in [-0.1, -0.05) is 158 Å². The summed E-state index contributed by atoms with van der Waals surface area (Å²) < 4.78 is 0. The molecule has 0 bridgehead atoms. The van der Waals surface area contributed by atoms with Crippen molar-refractivity contribution in [3.05, 3.63) is 192 Å². The van der Waals surface area contributed by atoms with Crippen LogP contribution in [0.4, 0.5) is 0 Å². The summed E-state index contributed by atoms with van der Waals surface area (Å²) >= 11 is 0. The molecule has 0 N–H and O–H groups in total. The summed E-state index contributed by atoms with van der Waals surface area (Å²) in [5.74, 6) is 0. The van der Waals surface area contributed by atoms with E-state index in [1.807, 2.05) is 0 Å². The number of aromatic nitrogens is 2. The molecule has 0 saturated heterocycles. The standard InChI is InChI=1S/C52H40N2/c1-33-27-41(37-17-9-5-10-18-37)28-34(2)49(33)47-31-45(39-21-13-7-14-22-39)43-25-26-44-46(40-23-15-8-16-24-40)32-48(54-52(44)51(43)53-47)50-35(3)29-42(30-36(50)4)38-19-11-6-12-20-38/h5-32H,1-4H3. The smallest absolute Gasteiger partial charge is 0.0978 e. The van der Waals surface area contributed by atoms with E-state index in [-0.39, 0.29) is 0 Å². The highest BCUT2D eigenvalue weighted by Gasteiger charge is 2.20. The normalized spacial score (nSPS) is 11.3. The zero-order chi connectivity index (χ0) is 36.8. The van der Waals surface area contributed by atoms with Crippen molar-refractivity contribution in [3.63, 3.8) is 0 Å². The van der Waals surface area contributed by atoms with E-state index in [0.717, 1.165) is 66.6 Å². The first-order chi connectivity index (χ1) is 26.4. The van der Waals surface area contributed by atoms with Gasteiger partial charge in [-0.25, -0.2) is 9.97 Å². The third-order valence-corrected chi connectivity index (χ3v) is 10.7. The van der Waals surface area contributed by atoms with Crippen molar-refractivity contribution in [2.75, 3.05) is 0 Å². The fraction of sp³-hybridized carbons (Fsp3) is 0.0769. The Morgan fingerprint density at radius 3 is 0.907 bits per heavy atom. The van der Waals surface area contributed by atoms with Gasteiger partial charge in [-0.15, -0.1) is 0 Å². The molecule has 2 nitrogen and oxygen atoms in total. The maximum absolute atomic E-state index is 5.59. The van der Waals surface area contributed by atoms with Crippen molar-refractivity contribution in [2.45, 2.75) is 27.7 Å². The van der Waals surface area contributed by atoms with Crippen LogP contribution in [-0.4, -0.2) is 9.97 Å². The van der Waals surface area contributed by atoms with Gasteiger partial charge >= 0.3 is 0 Å². The largest absolute Gasteiger partial charge is 0.245 e. The first kappa shape index (κ1) is 33.2. The van der Waals surface area contributed by atoms with Crippen LogP contribution in [0.25, 0.3) is 88.8 Å². The van der Waals surface area contributed by atoms with Gasteiger partial charge in [0.25, 0.3) is 0 Å². The lowest BCUT2D eigenvalue weighted by Gasteiger charge is -2.18. The maximum atomic E-state index is 5.59. The Balaban J connectivity index is 1.34. The number of rotatable bonds is 6. The molecular weight excluding hydrogens is 653 g/mol. The van der Waals surface area contributed by atoms with E-state index in [9.17, 15) is 0 Å². The molecule has 2 heterocycles. The number of hydrogen-bond acceptors (Lipinski definition) is 2. The number of nitrogens with zero attached hydrogens (tertiary/aromatic N) is 2. The third kappa shape index (κ3) is 5.96. The lowest BCUT2D eigenvalue weighted by molar-refractivity contribution is 1.30. The number of aryl methyl sites for hydroxylation is 4. The van der Waals surface area contributed by atoms with Gasteiger partial charge in [0.1, 0.15) is 0 Å². The Morgan fingerprint density at radius 1 is 0.296 bits per heavy atom. The first-order valence-corrected chi connectivity index (χ1v) is 18.7. The molecule has 0 radical (unpaired) electrons. The molecular formula is C52H40N2. The molecule has 0 saturated carbocycles. The number of benzene rings is 7. The predicted molar refractivity (Wildman–Crippen MR) is 229 cm³/mol. The van der Waals surface area contributed by atoms with Crippen molar-refractivity contribution in [2.24, 2.45) is 0 Å². The monoisotopic (exact) mass is 692 g/mol. The minimum Gasteiger partial charge on any atom is -0.245 e. The molecule has 0 aliphatic rings. The Kier molecular flexibility index (Phi) is 8.44. The molecule has 2 heteroatoms. The molecule has 0 atom stereocenters. The van der Waals surface area contributed by atoms with Gasteiger partial charge in [0.2, 0.25) is 0 Å². The van der Waals surface area contributed by atoms with Crippen LogP contribution in [-0.2, 0) is 0 Å². The van der Waals surface area contributed by atoms with Crippen LogP contribution in [0.3, 0.4) is 0 Å². The Bertz CT molecular complexity index is 2580. The Labute approximate surface area is 317 Å². The van der Waals surface area contributed by atoms with Crippen molar-refractivity contribution in [1.29, 1.82) is 0 Å². The average Bonchev–Trinajstić information content (AvgIpc) is 3.21. The van der Waals surface area contributed by atoms with Gasteiger partial charge in [-0.2, -0.15) is 0 Å². The van der Waals surface area contributed by atoms with Crippen LogP contribution in [0, 0.1) is 27.7 Å². The van der Waals surface area contributed by atoms with E-state index in [2.05, 4.69) is 198 Å². The van der Waals surface area contributed by atoms with E-state index in [1.54, 1.807) is 0 Å². The van der Waals surface area contributed by atoms with E-state index in [0.29, 0.717) is 0 Å². The SMILES string of the molecule is Cc1cc(-c2ccccc2)cc(C)c1-c1cc(-c2ccccc2)c2ccc3c(-c4ccccc4)cc(-c4c(C)cc(-c5ccccc5)cc4C)nc3c2n1. The van der Waals surface area contributed by atoms with E-state index < -0.39 is 0 Å². The molecule has 0 unspecified atom stereocenters. The van der Waals surface area contributed by atoms with Crippen LogP contribution < -0.4 is 0 Å².